The fourth-order valence-electron chi connectivity index (χ4n) is 1.76. The van der Waals surface area contributed by atoms with Gasteiger partial charge in [-0.3, -0.25) is 4.79 Å². The number of hydrogen-bond donors (Lipinski definition) is 0. The third kappa shape index (κ3) is 1.67. The van der Waals surface area contributed by atoms with Gasteiger partial charge in [0.1, 0.15) is 7.85 Å². The van der Waals surface area contributed by atoms with E-state index in [-0.39, 0.29) is 5.78 Å². The predicted molar refractivity (Wildman–Crippen MR) is 64.0 cm³/mol. The number of rotatable bonds is 2. The Morgan fingerprint density at radius 1 is 1.13 bits per heavy atom. The van der Waals surface area contributed by atoms with Gasteiger partial charge in [-0.15, -0.1) is 0 Å². The molecule has 0 N–H and O–H groups in total. The highest BCUT2D eigenvalue weighted by Gasteiger charge is 2.08. The lowest BCUT2D eigenvalue weighted by Crippen LogP contribution is -2.07. The first-order valence-corrected chi connectivity index (χ1v) is 5.04. The van der Waals surface area contributed by atoms with E-state index in [1.54, 1.807) is 6.07 Å². The van der Waals surface area contributed by atoms with Crippen LogP contribution in [0.2, 0.25) is 0 Å². The fraction of sp³-hybridized carbons (Fsp3) is 0.154. The molecule has 2 aromatic rings. The molecule has 2 radical (unpaired) electrons. The smallest absolute Gasteiger partial charge is 0.163 e. The Bertz CT molecular complexity index is 517. The highest BCUT2D eigenvalue weighted by molar-refractivity contribution is 6.39. The van der Waals surface area contributed by atoms with Crippen LogP contribution in [0.15, 0.2) is 36.4 Å². The SMILES string of the molecule is [B]c1ccc(C(=O)CC)c2ccccc12. The van der Waals surface area contributed by atoms with E-state index in [4.69, 9.17) is 7.85 Å². The molecule has 0 aliphatic rings. The van der Waals surface area contributed by atoms with E-state index in [0.29, 0.717) is 6.42 Å². The number of fused-ring (bicyclic) bond motifs is 1. The molecule has 0 spiro atoms. The Labute approximate surface area is 90.5 Å². The first-order valence-electron chi connectivity index (χ1n) is 5.04. The lowest BCUT2D eigenvalue weighted by molar-refractivity contribution is 0.0990. The lowest BCUT2D eigenvalue weighted by atomic mass is 9.87. The van der Waals surface area contributed by atoms with E-state index in [1.165, 1.54) is 0 Å². The second-order valence-corrected chi connectivity index (χ2v) is 3.52. The number of carbonyl (C=O) groups is 1. The van der Waals surface area contributed by atoms with Crippen LogP contribution in [0.3, 0.4) is 0 Å². The molecule has 0 aliphatic heterocycles. The minimum absolute atomic E-state index is 0.159. The monoisotopic (exact) mass is 194 g/mol. The minimum Gasteiger partial charge on any atom is -0.294 e. The molecular weight excluding hydrogens is 183 g/mol. The molecule has 0 amide bonds. The van der Waals surface area contributed by atoms with Gasteiger partial charge in [0, 0.05) is 12.0 Å². The third-order valence-corrected chi connectivity index (χ3v) is 2.58. The van der Waals surface area contributed by atoms with Crippen molar-refractivity contribution in [2.24, 2.45) is 0 Å². The molecule has 0 saturated heterocycles. The van der Waals surface area contributed by atoms with E-state index in [1.807, 2.05) is 37.3 Å². The van der Waals surface area contributed by atoms with Crippen LogP contribution in [0.1, 0.15) is 23.7 Å². The number of ketones is 1. The Hall–Kier alpha value is -1.57. The van der Waals surface area contributed by atoms with Gasteiger partial charge in [-0.05, 0) is 10.8 Å². The number of benzene rings is 2. The molecular formula is C13H11BO. The topological polar surface area (TPSA) is 17.1 Å². The summed E-state index contributed by atoms with van der Waals surface area (Å²) in [5.74, 6) is 0.159. The maximum Gasteiger partial charge on any atom is 0.163 e. The first kappa shape index (κ1) is 9.97. The van der Waals surface area contributed by atoms with Crippen molar-refractivity contribution in [3.63, 3.8) is 0 Å². The molecule has 2 rings (SSSR count). The van der Waals surface area contributed by atoms with Gasteiger partial charge in [-0.1, -0.05) is 48.8 Å². The molecule has 0 atom stereocenters. The van der Waals surface area contributed by atoms with Crippen molar-refractivity contribution in [3.8, 4) is 0 Å². The van der Waals surface area contributed by atoms with Gasteiger partial charge in [-0.2, -0.15) is 0 Å². The van der Waals surface area contributed by atoms with Gasteiger partial charge >= 0.3 is 0 Å². The average Bonchev–Trinajstić information content (AvgIpc) is 2.29. The molecule has 0 bridgehead atoms. The van der Waals surface area contributed by atoms with Crippen molar-refractivity contribution in [1.29, 1.82) is 0 Å². The van der Waals surface area contributed by atoms with E-state index in [0.717, 1.165) is 21.8 Å². The Balaban J connectivity index is 2.77. The lowest BCUT2D eigenvalue weighted by Gasteiger charge is -2.07. The standard InChI is InChI=1S/C13H11BO/c1-2-13(15)11-7-8-12(14)10-6-4-3-5-9(10)11/h3-8H,2H2,1H3. The van der Waals surface area contributed by atoms with Crippen LogP contribution in [0.5, 0.6) is 0 Å². The second-order valence-electron chi connectivity index (χ2n) is 3.52. The zero-order valence-electron chi connectivity index (χ0n) is 8.66. The summed E-state index contributed by atoms with van der Waals surface area (Å²) in [4.78, 5) is 11.7. The van der Waals surface area contributed by atoms with Crippen LogP contribution < -0.4 is 5.46 Å². The van der Waals surface area contributed by atoms with Crippen molar-refractivity contribution < 1.29 is 4.79 Å². The van der Waals surface area contributed by atoms with E-state index in [2.05, 4.69) is 0 Å². The van der Waals surface area contributed by atoms with E-state index in [9.17, 15) is 4.79 Å². The summed E-state index contributed by atoms with van der Waals surface area (Å²) in [5.41, 5.74) is 1.49. The summed E-state index contributed by atoms with van der Waals surface area (Å²) < 4.78 is 0. The number of carbonyl (C=O) groups excluding carboxylic acids is 1. The van der Waals surface area contributed by atoms with Crippen molar-refractivity contribution in [3.05, 3.63) is 42.0 Å². The van der Waals surface area contributed by atoms with Crippen LogP contribution in [0.25, 0.3) is 10.8 Å². The first-order chi connectivity index (χ1) is 7.24. The molecule has 0 aliphatic carbocycles. The maximum absolute atomic E-state index is 11.7. The normalized spacial score (nSPS) is 10.5. The van der Waals surface area contributed by atoms with Gasteiger partial charge < -0.3 is 0 Å². The molecule has 72 valence electrons. The summed E-state index contributed by atoms with van der Waals surface area (Å²) in [7, 11) is 5.86. The third-order valence-electron chi connectivity index (χ3n) is 2.58. The van der Waals surface area contributed by atoms with Gasteiger partial charge in [0.15, 0.2) is 5.78 Å². The van der Waals surface area contributed by atoms with Crippen molar-refractivity contribution >= 4 is 29.9 Å². The summed E-state index contributed by atoms with van der Waals surface area (Å²) >= 11 is 0. The van der Waals surface area contributed by atoms with Crippen LogP contribution >= 0.6 is 0 Å². The largest absolute Gasteiger partial charge is 0.294 e. The number of Topliss-reactive ketones (excluding diaryl/α,β-unsaturated/α-hetero) is 1. The fourth-order valence-corrected chi connectivity index (χ4v) is 1.76. The van der Waals surface area contributed by atoms with Crippen LogP contribution in [-0.4, -0.2) is 13.6 Å². The molecule has 15 heavy (non-hydrogen) atoms. The van der Waals surface area contributed by atoms with Gasteiger partial charge in [-0.25, -0.2) is 0 Å². The molecule has 1 nitrogen and oxygen atoms in total. The van der Waals surface area contributed by atoms with Crippen molar-refractivity contribution in [2.75, 3.05) is 0 Å². The molecule has 0 unspecified atom stereocenters. The molecule has 2 heteroatoms. The van der Waals surface area contributed by atoms with Crippen LogP contribution in [0, 0.1) is 0 Å². The summed E-state index contributed by atoms with van der Waals surface area (Å²) in [6.07, 6.45) is 0.522. The highest BCUT2D eigenvalue weighted by Crippen LogP contribution is 2.17. The Morgan fingerprint density at radius 2 is 1.80 bits per heavy atom. The quantitative estimate of drug-likeness (QED) is 0.529. The van der Waals surface area contributed by atoms with Gasteiger partial charge in [0.25, 0.3) is 0 Å². The Kier molecular flexibility index (Phi) is 2.59. The Morgan fingerprint density at radius 3 is 2.47 bits per heavy atom. The van der Waals surface area contributed by atoms with Gasteiger partial charge in [0.2, 0.25) is 0 Å². The van der Waals surface area contributed by atoms with Crippen molar-refractivity contribution in [2.45, 2.75) is 13.3 Å². The summed E-state index contributed by atoms with van der Waals surface area (Å²) in [6.45, 7) is 1.87. The highest BCUT2D eigenvalue weighted by atomic mass is 16.1. The summed E-state index contributed by atoms with van der Waals surface area (Å²) in [5, 5.41) is 1.90. The average molecular weight is 194 g/mol. The van der Waals surface area contributed by atoms with E-state index >= 15 is 0 Å². The predicted octanol–water partition coefficient (Wildman–Crippen LogP) is 2.23. The summed E-state index contributed by atoms with van der Waals surface area (Å²) in [6, 6.07) is 11.3. The molecule has 0 heterocycles. The molecule has 2 aromatic carbocycles. The number of hydrogen-bond acceptors (Lipinski definition) is 1. The molecule has 0 fully saturated rings. The van der Waals surface area contributed by atoms with E-state index < -0.39 is 0 Å². The maximum atomic E-state index is 11.7. The molecule has 0 aromatic heterocycles. The second kappa shape index (κ2) is 3.89. The van der Waals surface area contributed by atoms with Crippen LogP contribution in [0.4, 0.5) is 0 Å². The molecule has 0 saturated carbocycles. The van der Waals surface area contributed by atoms with Crippen molar-refractivity contribution in [1.82, 2.24) is 0 Å². The zero-order chi connectivity index (χ0) is 10.8. The van der Waals surface area contributed by atoms with Crippen LogP contribution in [-0.2, 0) is 0 Å². The zero-order valence-corrected chi connectivity index (χ0v) is 8.66. The van der Waals surface area contributed by atoms with Gasteiger partial charge in [0.05, 0.1) is 0 Å². The minimum atomic E-state index is 0.159.